The van der Waals surface area contributed by atoms with Crippen molar-refractivity contribution in [3.05, 3.63) is 15.0 Å². The molecule has 4 nitrogen and oxygen atoms in total. The molecular formula is C13H22ClNO3SSi. The van der Waals surface area contributed by atoms with Crippen LogP contribution < -0.4 is 0 Å². The summed E-state index contributed by atoms with van der Waals surface area (Å²) in [5.74, 6) is -0.384. The average molecular weight is 336 g/mol. The average Bonchev–Trinajstić information content (AvgIpc) is 2.67. The molecule has 0 atom stereocenters. The molecule has 7 heteroatoms. The molecule has 0 bridgehead atoms. The Balaban J connectivity index is 2.86. The number of ether oxygens (including phenoxy) is 1. The van der Waals surface area contributed by atoms with Crippen molar-refractivity contribution in [1.29, 1.82) is 0 Å². The van der Waals surface area contributed by atoms with Crippen molar-refractivity contribution in [3.8, 4) is 0 Å². The molecule has 0 fully saturated rings. The Morgan fingerprint density at radius 2 is 2.00 bits per heavy atom. The summed E-state index contributed by atoms with van der Waals surface area (Å²) < 4.78 is 11.4. The van der Waals surface area contributed by atoms with Gasteiger partial charge in [-0.1, -0.05) is 43.7 Å². The van der Waals surface area contributed by atoms with Gasteiger partial charge >= 0.3 is 5.97 Å². The second-order valence-electron chi connectivity index (χ2n) is 6.01. The smallest absolute Gasteiger partial charge is 0.350 e. The maximum Gasteiger partial charge on any atom is 0.350 e. The lowest BCUT2D eigenvalue weighted by Gasteiger charge is -2.35. The number of esters is 1. The molecule has 0 aliphatic heterocycles. The van der Waals surface area contributed by atoms with Crippen LogP contribution in [0.2, 0.25) is 22.6 Å². The highest BCUT2D eigenvalue weighted by Gasteiger charge is 2.37. The fraction of sp³-hybridized carbons (Fsp3) is 0.692. The van der Waals surface area contributed by atoms with Crippen LogP contribution in [0.25, 0.3) is 0 Å². The minimum atomic E-state index is -1.89. The SMILES string of the molecule is CCOC(=O)c1sc(Cl)nc1CO[Si](C)(C)C(C)(C)C. The number of hydrogen-bond acceptors (Lipinski definition) is 5. The second kappa shape index (κ2) is 6.55. The van der Waals surface area contributed by atoms with Gasteiger partial charge in [0.05, 0.1) is 18.9 Å². The second-order valence-corrected chi connectivity index (χ2v) is 12.4. The maximum absolute atomic E-state index is 11.8. The molecule has 1 heterocycles. The Morgan fingerprint density at radius 3 is 2.50 bits per heavy atom. The number of halogens is 1. The number of aromatic nitrogens is 1. The van der Waals surface area contributed by atoms with Crippen molar-refractivity contribution in [2.75, 3.05) is 6.61 Å². The molecule has 0 aromatic carbocycles. The van der Waals surface area contributed by atoms with Gasteiger partial charge in [-0.25, -0.2) is 9.78 Å². The summed E-state index contributed by atoms with van der Waals surface area (Å²) >= 11 is 7.04. The first-order chi connectivity index (χ1) is 9.08. The maximum atomic E-state index is 11.8. The van der Waals surface area contributed by atoms with E-state index in [1.165, 1.54) is 0 Å². The highest BCUT2D eigenvalue weighted by molar-refractivity contribution is 7.17. The zero-order valence-electron chi connectivity index (χ0n) is 12.9. The summed E-state index contributed by atoms with van der Waals surface area (Å²) in [5.41, 5.74) is 0.572. The molecule has 0 saturated heterocycles. The van der Waals surface area contributed by atoms with E-state index in [0.717, 1.165) is 11.3 Å². The van der Waals surface area contributed by atoms with Crippen LogP contribution in [0.15, 0.2) is 0 Å². The van der Waals surface area contributed by atoms with Crippen molar-refractivity contribution >= 4 is 37.2 Å². The van der Waals surface area contributed by atoms with Crippen LogP contribution in [0.1, 0.15) is 43.1 Å². The Labute approximate surface area is 130 Å². The van der Waals surface area contributed by atoms with Gasteiger partial charge in [-0.05, 0) is 25.1 Å². The molecule has 0 amide bonds. The summed E-state index contributed by atoms with van der Waals surface area (Å²) in [4.78, 5) is 16.5. The highest BCUT2D eigenvalue weighted by Crippen LogP contribution is 2.37. The van der Waals surface area contributed by atoms with E-state index in [4.69, 9.17) is 20.8 Å². The van der Waals surface area contributed by atoms with Gasteiger partial charge < -0.3 is 9.16 Å². The van der Waals surface area contributed by atoms with Gasteiger partial charge in [-0.2, -0.15) is 0 Å². The minimum absolute atomic E-state index is 0.108. The number of thiazole rings is 1. The fourth-order valence-corrected chi connectivity index (χ4v) is 3.20. The van der Waals surface area contributed by atoms with E-state index in [2.05, 4.69) is 38.8 Å². The number of carbonyl (C=O) groups excluding carboxylic acids is 1. The molecule has 1 aromatic heterocycles. The largest absolute Gasteiger partial charge is 0.462 e. The van der Waals surface area contributed by atoms with Gasteiger partial charge in [-0.3, -0.25) is 0 Å². The topological polar surface area (TPSA) is 48.4 Å². The van der Waals surface area contributed by atoms with Crippen LogP contribution in [0.4, 0.5) is 0 Å². The van der Waals surface area contributed by atoms with Gasteiger partial charge in [0.2, 0.25) is 0 Å². The Morgan fingerprint density at radius 1 is 1.40 bits per heavy atom. The summed E-state index contributed by atoms with van der Waals surface area (Å²) in [6.45, 7) is 13.2. The zero-order chi connectivity index (χ0) is 15.6. The van der Waals surface area contributed by atoms with E-state index < -0.39 is 8.32 Å². The molecule has 1 aromatic rings. The number of nitrogens with zero attached hydrogens (tertiary/aromatic N) is 1. The van der Waals surface area contributed by atoms with E-state index in [9.17, 15) is 4.79 Å². The van der Waals surface area contributed by atoms with E-state index in [1.54, 1.807) is 6.92 Å². The third kappa shape index (κ3) is 4.28. The van der Waals surface area contributed by atoms with Gasteiger partial charge in [0.1, 0.15) is 4.88 Å². The van der Waals surface area contributed by atoms with Gasteiger partial charge in [0, 0.05) is 0 Å². The molecule has 0 N–H and O–H groups in total. The number of hydrogen-bond donors (Lipinski definition) is 0. The molecule has 0 radical (unpaired) electrons. The lowest BCUT2D eigenvalue weighted by molar-refractivity contribution is 0.0528. The van der Waals surface area contributed by atoms with Gasteiger partial charge in [-0.15, -0.1) is 0 Å². The summed E-state index contributed by atoms with van der Waals surface area (Å²) in [5, 5.41) is 0.108. The fourth-order valence-electron chi connectivity index (χ4n) is 1.24. The molecule has 1 rings (SSSR count). The van der Waals surface area contributed by atoms with Crippen molar-refractivity contribution in [2.45, 2.75) is 52.4 Å². The summed E-state index contributed by atoms with van der Waals surface area (Å²) in [7, 11) is -1.89. The van der Waals surface area contributed by atoms with Gasteiger partial charge in [0.25, 0.3) is 0 Å². The molecule has 0 spiro atoms. The van der Waals surface area contributed by atoms with Crippen LogP contribution in [-0.2, 0) is 15.8 Å². The molecule has 0 aliphatic rings. The minimum Gasteiger partial charge on any atom is -0.462 e. The number of rotatable bonds is 5. The zero-order valence-corrected chi connectivity index (χ0v) is 15.4. The monoisotopic (exact) mass is 335 g/mol. The lowest BCUT2D eigenvalue weighted by atomic mass is 10.2. The summed E-state index contributed by atoms with van der Waals surface area (Å²) in [6, 6.07) is 0. The standard InChI is InChI=1S/C13H22ClNO3SSi/c1-7-17-11(16)10-9(15-12(14)19-10)8-18-20(5,6)13(2,3)4/h7-8H2,1-6H3. The van der Waals surface area contributed by atoms with Crippen molar-refractivity contribution in [3.63, 3.8) is 0 Å². The molecule has 114 valence electrons. The highest BCUT2D eigenvalue weighted by atomic mass is 35.5. The third-order valence-corrected chi connectivity index (χ3v) is 9.17. The van der Waals surface area contributed by atoms with Crippen LogP contribution in [0.5, 0.6) is 0 Å². The summed E-state index contributed by atoms with van der Waals surface area (Å²) in [6.07, 6.45) is 0. The first-order valence-electron chi connectivity index (χ1n) is 6.54. The van der Waals surface area contributed by atoms with Crippen molar-refractivity contribution in [1.82, 2.24) is 4.98 Å². The molecular weight excluding hydrogens is 314 g/mol. The van der Waals surface area contributed by atoms with E-state index >= 15 is 0 Å². The molecule has 0 unspecified atom stereocenters. The van der Waals surface area contributed by atoms with Gasteiger partial charge in [0.15, 0.2) is 12.8 Å². The van der Waals surface area contributed by atoms with Crippen LogP contribution in [-0.4, -0.2) is 25.9 Å². The first kappa shape index (κ1) is 17.6. The van der Waals surface area contributed by atoms with E-state index in [0.29, 0.717) is 28.3 Å². The van der Waals surface area contributed by atoms with Crippen LogP contribution >= 0.6 is 22.9 Å². The van der Waals surface area contributed by atoms with Crippen molar-refractivity contribution in [2.24, 2.45) is 0 Å². The molecule has 0 aliphatic carbocycles. The molecule has 20 heavy (non-hydrogen) atoms. The number of carbonyl (C=O) groups is 1. The van der Waals surface area contributed by atoms with Crippen LogP contribution in [0.3, 0.4) is 0 Å². The van der Waals surface area contributed by atoms with Crippen molar-refractivity contribution < 1.29 is 14.0 Å². The first-order valence-corrected chi connectivity index (χ1v) is 10.6. The molecule has 0 saturated carbocycles. The lowest BCUT2D eigenvalue weighted by Crippen LogP contribution is -2.40. The Bertz CT molecular complexity index is 482. The van der Waals surface area contributed by atoms with Crippen LogP contribution in [0, 0.1) is 0 Å². The Kier molecular flexibility index (Phi) is 5.77. The predicted octanol–water partition coefficient (Wildman–Crippen LogP) is 4.50. The third-order valence-electron chi connectivity index (χ3n) is 3.51. The quantitative estimate of drug-likeness (QED) is 0.587. The Hall–Kier alpha value is -0.433. The van der Waals surface area contributed by atoms with E-state index in [-0.39, 0.29) is 11.0 Å². The van der Waals surface area contributed by atoms with E-state index in [1.807, 2.05) is 0 Å². The predicted molar refractivity (Wildman–Crippen MR) is 85.1 cm³/mol. The normalized spacial score (nSPS) is 12.6.